The molecule has 0 heterocycles. The van der Waals surface area contributed by atoms with Gasteiger partial charge in [-0.25, -0.2) is 0 Å². The van der Waals surface area contributed by atoms with Crippen molar-refractivity contribution in [2.75, 3.05) is 0 Å². The van der Waals surface area contributed by atoms with E-state index in [0.29, 0.717) is 0 Å². The molecule has 0 radical (unpaired) electrons. The Kier molecular flexibility index (Phi) is 7.86. The van der Waals surface area contributed by atoms with Crippen molar-refractivity contribution in [2.24, 2.45) is 0 Å². The molecule has 0 amide bonds. The molecule has 0 nitrogen and oxygen atoms in total. The molecule has 0 fully saturated rings. The first kappa shape index (κ1) is 19.9. The second-order valence-corrected chi connectivity index (χ2v) is 7.91. The van der Waals surface area contributed by atoms with E-state index >= 15 is 0 Å². The molecule has 2 aromatic rings. The van der Waals surface area contributed by atoms with E-state index in [4.69, 9.17) is 0 Å². The van der Waals surface area contributed by atoms with Gasteiger partial charge in [0.1, 0.15) is 0 Å². The Bertz CT molecular complexity index is 644. The van der Waals surface area contributed by atoms with Crippen LogP contribution in [0.2, 0.25) is 0 Å². The van der Waals surface area contributed by atoms with Gasteiger partial charge in [-0.3, -0.25) is 0 Å². The summed E-state index contributed by atoms with van der Waals surface area (Å²) in [6, 6.07) is 6.81. The van der Waals surface area contributed by atoms with Crippen molar-refractivity contribution in [1.29, 1.82) is 0 Å². The monoisotopic (exact) mass is 520 g/mol. The highest BCUT2D eigenvalue weighted by Gasteiger charge is 2.04. The van der Waals surface area contributed by atoms with Gasteiger partial charge in [-0.2, -0.15) is 0 Å². The third-order valence-corrected chi connectivity index (χ3v) is 6.81. The fourth-order valence-electron chi connectivity index (χ4n) is 2.33. The maximum Gasteiger partial charge on any atom is 0.0249 e. The molecule has 2 heteroatoms. The minimum absolute atomic E-state index is 1.12. The van der Waals surface area contributed by atoms with Gasteiger partial charge in [0.2, 0.25) is 0 Å². The normalized spacial score (nSPS) is 10.2. The Hall–Kier alpha value is -0.100. The maximum absolute atomic E-state index is 2.42. The van der Waals surface area contributed by atoms with Crippen LogP contribution in [-0.2, 0) is 4.43 Å². The summed E-state index contributed by atoms with van der Waals surface area (Å²) in [5.74, 6) is 0. The average Bonchev–Trinajstić information content (AvgIpc) is 2.47. The molecule has 0 bridgehead atoms. The van der Waals surface area contributed by atoms with Crippen molar-refractivity contribution in [1.82, 2.24) is 0 Å². The number of hydrogen-bond acceptors (Lipinski definition) is 0. The van der Waals surface area contributed by atoms with Crippen LogP contribution in [0.3, 0.4) is 0 Å². The summed E-state index contributed by atoms with van der Waals surface area (Å²) in [5.41, 5.74) is 11.3. The highest BCUT2D eigenvalue weighted by atomic mass is 127. The van der Waals surface area contributed by atoms with Crippen LogP contribution in [0.1, 0.15) is 44.5 Å². The van der Waals surface area contributed by atoms with Gasteiger partial charge in [0.25, 0.3) is 0 Å². The van der Waals surface area contributed by atoms with Crippen molar-refractivity contribution in [3.8, 4) is 0 Å². The summed E-state index contributed by atoms with van der Waals surface area (Å²) >= 11 is 4.83. The Balaban J connectivity index is 0.000000220. The van der Waals surface area contributed by atoms with Crippen molar-refractivity contribution in [3.63, 3.8) is 0 Å². The van der Waals surface area contributed by atoms with Crippen LogP contribution in [0, 0.1) is 52.0 Å². The first-order valence-corrected chi connectivity index (χ1v) is 10.1. The second kappa shape index (κ2) is 8.67. The lowest BCUT2D eigenvalue weighted by atomic mass is 10.0. The van der Waals surface area contributed by atoms with Gasteiger partial charge in [-0.05, 0) is 116 Å². The van der Waals surface area contributed by atoms with E-state index in [2.05, 4.69) is 112 Å². The highest BCUT2D eigenvalue weighted by Crippen LogP contribution is 2.22. The van der Waals surface area contributed by atoms with Gasteiger partial charge in [-0.1, -0.05) is 40.8 Å². The molecule has 0 aliphatic heterocycles. The summed E-state index contributed by atoms with van der Waals surface area (Å²) in [7, 11) is 0. The van der Waals surface area contributed by atoms with E-state index < -0.39 is 0 Å². The number of benzene rings is 2. The van der Waals surface area contributed by atoms with Crippen LogP contribution in [0.15, 0.2) is 18.2 Å². The third kappa shape index (κ3) is 4.95. The van der Waals surface area contributed by atoms with Gasteiger partial charge >= 0.3 is 0 Å². The van der Waals surface area contributed by atoms with Gasteiger partial charge in [0.05, 0.1) is 0 Å². The standard InChI is InChI=1S/2C10H13I/c1-7-4-9(3)10(6-11)5-8(7)2;1-6-5-7(2)9(4)10(11)8(6)3/h4-5H,6H2,1-3H3;5H,1-4H3. The average molecular weight is 520 g/mol. The van der Waals surface area contributed by atoms with Crippen LogP contribution in [0.25, 0.3) is 0 Å². The van der Waals surface area contributed by atoms with E-state index in [0.717, 1.165) is 4.43 Å². The molecule has 2 rings (SSSR count). The van der Waals surface area contributed by atoms with Crippen LogP contribution in [-0.4, -0.2) is 0 Å². The first-order chi connectivity index (χ1) is 10.2. The predicted octanol–water partition coefficient (Wildman–Crippen LogP) is 7.07. The summed E-state index contributed by atoms with van der Waals surface area (Å²) < 4.78 is 2.53. The summed E-state index contributed by atoms with van der Waals surface area (Å²) in [6.45, 7) is 15.2. The van der Waals surface area contributed by atoms with E-state index in [-0.39, 0.29) is 0 Å². The molecule has 22 heavy (non-hydrogen) atoms. The van der Waals surface area contributed by atoms with Crippen molar-refractivity contribution in [2.45, 2.75) is 52.9 Å². The smallest absolute Gasteiger partial charge is 0.0249 e. The molecule has 0 aromatic heterocycles. The minimum Gasteiger partial charge on any atom is -0.0812 e. The summed E-state index contributed by atoms with van der Waals surface area (Å²) in [5, 5.41) is 0. The Morgan fingerprint density at radius 2 is 1.05 bits per heavy atom. The predicted molar refractivity (Wildman–Crippen MR) is 116 cm³/mol. The van der Waals surface area contributed by atoms with Crippen LogP contribution < -0.4 is 0 Å². The Morgan fingerprint density at radius 1 is 0.636 bits per heavy atom. The first-order valence-electron chi connectivity index (χ1n) is 7.54. The molecular weight excluding hydrogens is 494 g/mol. The SMILES string of the molecule is Cc1cc(C)c(C)c(I)c1C.Cc1cc(C)c(CI)cc1C. The third-order valence-electron chi connectivity index (χ3n) is 4.37. The maximum atomic E-state index is 2.42. The molecule has 0 N–H and O–H groups in total. The highest BCUT2D eigenvalue weighted by molar-refractivity contribution is 14.1. The lowest BCUT2D eigenvalue weighted by Crippen LogP contribution is -1.93. The largest absolute Gasteiger partial charge is 0.0812 e. The van der Waals surface area contributed by atoms with E-state index in [1.54, 1.807) is 0 Å². The van der Waals surface area contributed by atoms with Crippen LogP contribution in [0.5, 0.6) is 0 Å². The Morgan fingerprint density at radius 3 is 1.50 bits per heavy atom. The number of hydrogen-bond donors (Lipinski definition) is 0. The fourth-order valence-corrected chi connectivity index (χ4v) is 4.01. The molecular formula is C20H26I2. The van der Waals surface area contributed by atoms with E-state index in [1.165, 1.54) is 48.1 Å². The molecule has 0 aliphatic rings. The van der Waals surface area contributed by atoms with E-state index in [1.807, 2.05) is 0 Å². The summed E-state index contributed by atoms with van der Waals surface area (Å²) in [6.07, 6.45) is 0. The number of rotatable bonds is 1. The Labute approximate surface area is 163 Å². The van der Waals surface area contributed by atoms with Gasteiger partial charge < -0.3 is 0 Å². The molecule has 0 saturated heterocycles. The zero-order valence-electron chi connectivity index (χ0n) is 14.7. The molecule has 0 spiro atoms. The molecule has 120 valence electrons. The van der Waals surface area contributed by atoms with Crippen molar-refractivity contribution < 1.29 is 0 Å². The second-order valence-electron chi connectivity index (χ2n) is 6.07. The zero-order chi connectivity index (χ0) is 17.0. The van der Waals surface area contributed by atoms with Gasteiger partial charge in [-0.15, -0.1) is 0 Å². The minimum atomic E-state index is 1.12. The van der Waals surface area contributed by atoms with Gasteiger partial charge in [0.15, 0.2) is 0 Å². The lowest BCUT2D eigenvalue weighted by Gasteiger charge is -2.09. The molecule has 0 saturated carbocycles. The fraction of sp³-hybridized carbons (Fsp3) is 0.400. The van der Waals surface area contributed by atoms with Crippen LogP contribution >= 0.6 is 45.2 Å². The molecule has 0 atom stereocenters. The molecule has 0 unspecified atom stereocenters. The molecule has 2 aromatic carbocycles. The zero-order valence-corrected chi connectivity index (χ0v) is 19.0. The number of halogens is 2. The summed E-state index contributed by atoms with van der Waals surface area (Å²) in [4.78, 5) is 0. The quantitative estimate of drug-likeness (QED) is 0.279. The van der Waals surface area contributed by atoms with Gasteiger partial charge in [0, 0.05) is 8.00 Å². The number of aryl methyl sites for hydroxylation is 5. The topological polar surface area (TPSA) is 0 Å². The van der Waals surface area contributed by atoms with Crippen molar-refractivity contribution in [3.05, 3.63) is 66.3 Å². The van der Waals surface area contributed by atoms with E-state index in [9.17, 15) is 0 Å². The van der Waals surface area contributed by atoms with Crippen molar-refractivity contribution >= 4 is 45.2 Å². The number of alkyl halides is 1. The van der Waals surface area contributed by atoms with Crippen LogP contribution in [0.4, 0.5) is 0 Å². The lowest BCUT2D eigenvalue weighted by molar-refractivity contribution is 1.21. The molecule has 0 aliphatic carbocycles.